The molecule has 1 aliphatic carbocycles. The number of para-hydroxylation sites is 1. The van der Waals surface area contributed by atoms with Crippen molar-refractivity contribution in [3.05, 3.63) is 70.9 Å². The summed E-state index contributed by atoms with van der Waals surface area (Å²) in [5, 5.41) is 8.71. The second-order valence-electron chi connectivity index (χ2n) is 10.0. The fourth-order valence-electron chi connectivity index (χ4n) is 4.75. The smallest absolute Gasteiger partial charge is 0.247 e. The first-order chi connectivity index (χ1) is 19.7. The van der Waals surface area contributed by atoms with Crippen molar-refractivity contribution in [3.8, 4) is 22.8 Å². The maximum atomic E-state index is 12.0. The zero-order chi connectivity index (χ0) is 29.3. The number of pyridine rings is 2. The van der Waals surface area contributed by atoms with Gasteiger partial charge in [0.15, 0.2) is 0 Å². The fourth-order valence-corrected chi connectivity index (χ4v) is 5.44. The van der Waals surface area contributed by atoms with Gasteiger partial charge in [0.25, 0.3) is 0 Å². The van der Waals surface area contributed by atoms with Gasteiger partial charge in [-0.25, -0.2) is 9.97 Å². The molecular weight excluding hydrogens is 561 g/mol. The lowest BCUT2D eigenvalue weighted by Crippen LogP contribution is -2.21. The monoisotopic (exact) mass is 591 g/mol. The first kappa shape index (κ1) is 28.5. The Morgan fingerprint density at radius 3 is 2.49 bits per heavy atom. The van der Waals surface area contributed by atoms with Crippen LogP contribution in [0.25, 0.3) is 22.0 Å². The van der Waals surface area contributed by atoms with Gasteiger partial charge in [0.05, 0.1) is 41.3 Å². The van der Waals surface area contributed by atoms with Crippen LogP contribution in [-0.2, 0) is 4.79 Å². The first-order valence-corrected chi connectivity index (χ1v) is 13.9. The molecule has 0 spiro atoms. The number of anilines is 4. The van der Waals surface area contributed by atoms with E-state index >= 15 is 0 Å². The lowest BCUT2D eigenvalue weighted by Gasteiger charge is -2.22. The topological polar surface area (TPSA) is 88.6 Å². The molecule has 8 nitrogen and oxygen atoms in total. The third-order valence-corrected chi connectivity index (χ3v) is 7.83. The summed E-state index contributed by atoms with van der Waals surface area (Å²) in [7, 11) is 5.13. The van der Waals surface area contributed by atoms with Gasteiger partial charge in [-0.1, -0.05) is 41.9 Å². The summed E-state index contributed by atoms with van der Waals surface area (Å²) < 4.78 is 11.0. The molecule has 1 saturated carbocycles. The van der Waals surface area contributed by atoms with Crippen LogP contribution in [0.1, 0.15) is 18.4 Å². The van der Waals surface area contributed by atoms with Gasteiger partial charge in [0.2, 0.25) is 5.91 Å². The van der Waals surface area contributed by atoms with Crippen LogP contribution in [0.3, 0.4) is 0 Å². The highest BCUT2D eigenvalue weighted by molar-refractivity contribution is 6.41. The summed E-state index contributed by atoms with van der Waals surface area (Å²) in [6, 6.07) is 11.2. The Balaban J connectivity index is 1.64. The molecule has 1 amide bonds. The molecule has 2 heterocycles. The number of methoxy groups -OCH3 is 2. The van der Waals surface area contributed by atoms with E-state index in [4.69, 9.17) is 42.6 Å². The Labute approximate surface area is 249 Å². The predicted octanol–water partition coefficient (Wildman–Crippen LogP) is 7.64. The molecule has 0 bridgehead atoms. The number of benzene rings is 2. The van der Waals surface area contributed by atoms with Crippen LogP contribution in [0.15, 0.2) is 55.3 Å². The van der Waals surface area contributed by atoms with Gasteiger partial charge in [0, 0.05) is 42.2 Å². The number of carbonyl (C=O) groups excluding carboxylic acids is 1. The molecule has 2 aromatic heterocycles. The number of nitrogens with zero attached hydrogens (tertiary/aromatic N) is 3. The van der Waals surface area contributed by atoms with Crippen molar-refractivity contribution in [1.82, 2.24) is 9.97 Å². The van der Waals surface area contributed by atoms with Crippen molar-refractivity contribution in [2.24, 2.45) is 5.92 Å². The molecule has 41 heavy (non-hydrogen) atoms. The number of aryl methyl sites for hydroxylation is 1. The SMILES string of the molecule is C=CC(=O)Nc1cccc(C)c1Nc1cc2c(N(C)CC3CC3)nc(-c3c(Cl)c(OC)cc(OC)c3Cl)cc2cn1. The zero-order valence-corrected chi connectivity index (χ0v) is 24.9. The molecule has 0 radical (unpaired) electrons. The number of ether oxygens (including phenoxy) is 2. The summed E-state index contributed by atoms with van der Waals surface area (Å²) in [5.74, 6) is 2.59. The molecule has 2 N–H and O–H groups in total. The lowest BCUT2D eigenvalue weighted by molar-refractivity contribution is -0.111. The highest BCUT2D eigenvalue weighted by atomic mass is 35.5. The Morgan fingerprint density at radius 2 is 1.85 bits per heavy atom. The second kappa shape index (κ2) is 11.8. The number of nitrogens with one attached hydrogen (secondary N) is 2. The number of fused-ring (bicyclic) bond motifs is 1. The molecule has 2 aromatic carbocycles. The van der Waals surface area contributed by atoms with E-state index in [1.807, 2.05) is 44.3 Å². The van der Waals surface area contributed by atoms with E-state index in [1.165, 1.54) is 18.9 Å². The molecule has 0 unspecified atom stereocenters. The van der Waals surface area contributed by atoms with E-state index in [1.54, 1.807) is 26.5 Å². The number of hydrogen-bond acceptors (Lipinski definition) is 7. The van der Waals surface area contributed by atoms with E-state index < -0.39 is 0 Å². The normalized spacial score (nSPS) is 12.6. The van der Waals surface area contributed by atoms with Crippen LogP contribution < -0.4 is 25.0 Å². The van der Waals surface area contributed by atoms with Gasteiger partial charge in [-0.05, 0) is 55.5 Å². The molecule has 0 saturated heterocycles. The number of halogens is 2. The number of rotatable bonds is 10. The number of hydrogen-bond donors (Lipinski definition) is 2. The highest BCUT2D eigenvalue weighted by Crippen LogP contribution is 2.47. The third-order valence-electron chi connectivity index (χ3n) is 7.08. The summed E-state index contributed by atoms with van der Waals surface area (Å²) in [6.45, 7) is 6.38. The summed E-state index contributed by atoms with van der Waals surface area (Å²) in [5.41, 5.74) is 3.43. The van der Waals surface area contributed by atoms with Crippen molar-refractivity contribution in [3.63, 3.8) is 0 Å². The average Bonchev–Trinajstić information content (AvgIpc) is 3.78. The van der Waals surface area contributed by atoms with E-state index in [-0.39, 0.29) is 5.91 Å². The molecule has 1 aliphatic rings. The summed E-state index contributed by atoms with van der Waals surface area (Å²) in [4.78, 5) is 24.0. The molecule has 0 aliphatic heterocycles. The van der Waals surface area contributed by atoms with Crippen LogP contribution >= 0.6 is 23.2 Å². The van der Waals surface area contributed by atoms with Crippen LogP contribution in [0.5, 0.6) is 11.5 Å². The summed E-state index contributed by atoms with van der Waals surface area (Å²) >= 11 is 13.5. The molecule has 212 valence electrons. The maximum Gasteiger partial charge on any atom is 0.247 e. The fraction of sp³-hybridized carbons (Fsp3) is 0.258. The number of aromatic nitrogens is 2. The minimum Gasteiger partial charge on any atom is -0.495 e. The average molecular weight is 593 g/mol. The Hall–Kier alpha value is -4.01. The van der Waals surface area contributed by atoms with Gasteiger partial charge < -0.3 is 25.0 Å². The molecule has 4 aromatic rings. The van der Waals surface area contributed by atoms with Crippen LogP contribution in [-0.4, -0.2) is 43.7 Å². The van der Waals surface area contributed by atoms with Crippen LogP contribution in [0.2, 0.25) is 10.0 Å². The van der Waals surface area contributed by atoms with Crippen molar-refractivity contribution in [1.29, 1.82) is 0 Å². The molecule has 1 fully saturated rings. The van der Waals surface area contributed by atoms with Gasteiger partial charge in [0.1, 0.15) is 23.1 Å². The van der Waals surface area contributed by atoms with E-state index in [0.717, 1.165) is 34.4 Å². The van der Waals surface area contributed by atoms with Crippen LogP contribution in [0, 0.1) is 12.8 Å². The number of amides is 1. The van der Waals surface area contributed by atoms with Crippen LogP contribution in [0.4, 0.5) is 23.0 Å². The van der Waals surface area contributed by atoms with Gasteiger partial charge >= 0.3 is 0 Å². The molecule has 5 rings (SSSR count). The minimum atomic E-state index is -0.294. The van der Waals surface area contributed by atoms with E-state index in [2.05, 4.69) is 22.1 Å². The number of carbonyl (C=O) groups is 1. The lowest BCUT2D eigenvalue weighted by atomic mass is 10.1. The summed E-state index contributed by atoms with van der Waals surface area (Å²) in [6.07, 6.45) is 5.43. The Kier molecular flexibility index (Phi) is 8.24. The predicted molar refractivity (Wildman–Crippen MR) is 167 cm³/mol. The van der Waals surface area contributed by atoms with E-state index in [0.29, 0.717) is 50.2 Å². The highest BCUT2D eigenvalue weighted by Gasteiger charge is 2.26. The quantitative estimate of drug-likeness (QED) is 0.183. The maximum absolute atomic E-state index is 12.0. The van der Waals surface area contributed by atoms with Gasteiger partial charge in [-0.15, -0.1) is 0 Å². The third kappa shape index (κ3) is 5.89. The standard InChI is InChI=1S/C31H31Cl2N5O3/c1-6-26(39)35-21-9-7-8-17(2)30(21)37-25-13-20-19(15-34-25)12-22(36-31(20)38(3)16-18-10-11-18)27-28(32)23(40-4)14-24(41-5)29(27)33/h6-9,12-15,18H,1,10-11,16H2,2-5H3,(H,34,37)(H,35,39). The Bertz CT molecular complexity index is 1630. The molecule has 0 atom stereocenters. The van der Waals surface area contributed by atoms with Crippen molar-refractivity contribution in [2.45, 2.75) is 19.8 Å². The van der Waals surface area contributed by atoms with Crippen molar-refractivity contribution in [2.75, 3.05) is 43.3 Å². The Morgan fingerprint density at radius 1 is 1.15 bits per heavy atom. The zero-order valence-electron chi connectivity index (χ0n) is 23.3. The first-order valence-electron chi connectivity index (χ1n) is 13.2. The molecular formula is C31H31Cl2N5O3. The largest absolute Gasteiger partial charge is 0.495 e. The van der Waals surface area contributed by atoms with Crippen molar-refractivity contribution >= 4 is 62.9 Å². The van der Waals surface area contributed by atoms with E-state index in [9.17, 15) is 4.79 Å². The van der Waals surface area contributed by atoms with Gasteiger partial charge in [-0.2, -0.15) is 0 Å². The minimum absolute atomic E-state index is 0.294. The molecule has 10 heteroatoms. The van der Waals surface area contributed by atoms with Crippen molar-refractivity contribution < 1.29 is 14.3 Å². The van der Waals surface area contributed by atoms with Gasteiger partial charge in [-0.3, -0.25) is 4.79 Å². The second-order valence-corrected chi connectivity index (χ2v) is 10.8.